The van der Waals surface area contributed by atoms with Gasteiger partial charge < -0.3 is 0 Å². The average Bonchev–Trinajstić information content (AvgIpc) is 1.74. The highest BCUT2D eigenvalue weighted by atomic mass is 28.3. The SMILES string of the molecule is C[Si](CC(F)(F)F)(CC(F)(F)F)N=C=O. The molecule has 0 rings (SSSR count). The van der Waals surface area contributed by atoms with Crippen LogP contribution in [0.2, 0.25) is 18.6 Å². The Morgan fingerprint density at radius 2 is 1.40 bits per heavy atom. The topological polar surface area (TPSA) is 29.4 Å². The molecular weight excluding hydrogens is 244 g/mol. The number of hydrogen-bond donors (Lipinski definition) is 0. The van der Waals surface area contributed by atoms with Crippen LogP contribution in [0.25, 0.3) is 0 Å². The molecule has 0 heterocycles. The van der Waals surface area contributed by atoms with Gasteiger partial charge in [0.2, 0.25) is 14.3 Å². The molecule has 0 aromatic heterocycles. The monoisotopic (exact) mass is 251 g/mol. The summed E-state index contributed by atoms with van der Waals surface area (Å²) in [5.74, 6) is 0. The third-order valence-corrected chi connectivity index (χ3v) is 4.43. The summed E-state index contributed by atoms with van der Waals surface area (Å²) in [5, 5.41) is 0. The third-order valence-electron chi connectivity index (χ3n) is 1.48. The van der Waals surface area contributed by atoms with Crippen LogP contribution in [0.15, 0.2) is 4.66 Å². The quantitative estimate of drug-likeness (QED) is 0.328. The molecule has 0 atom stereocenters. The molecule has 0 aliphatic heterocycles. The van der Waals surface area contributed by atoms with Gasteiger partial charge in [-0.1, -0.05) is 0 Å². The molecule has 0 N–H and O–H groups in total. The molecule has 0 unspecified atom stereocenters. The lowest BCUT2D eigenvalue weighted by atomic mass is 10.8. The zero-order valence-corrected chi connectivity index (χ0v) is 8.54. The van der Waals surface area contributed by atoms with Crippen LogP contribution in [0, 0.1) is 0 Å². The molecule has 0 bridgehead atoms. The molecular formula is C6H7F6NOSi. The van der Waals surface area contributed by atoms with E-state index in [-0.39, 0.29) is 0 Å². The number of alkyl halides is 6. The van der Waals surface area contributed by atoms with Crippen molar-refractivity contribution in [2.24, 2.45) is 4.66 Å². The summed E-state index contributed by atoms with van der Waals surface area (Å²) in [6.45, 7) is 0.749. The van der Waals surface area contributed by atoms with Crippen molar-refractivity contribution < 1.29 is 31.1 Å². The van der Waals surface area contributed by atoms with Crippen molar-refractivity contribution in [2.45, 2.75) is 31.0 Å². The average molecular weight is 251 g/mol. The summed E-state index contributed by atoms with van der Waals surface area (Å²) in [7, 11) is -4.07. The normalized spacial score (nSPS) is 13.5. The van der Waals surface area contributed by atoms with Crippen molar-refractivity contribution in [1.29, 1.82) is 0 Å². The second-order valence-corrected chi connectivity index (χ2v) is 7.21. The van der Waals surface area contributed by atoms with Gasteiger partial charge in [-0.15, -0.1) is 0 Å². The van der Waals surface area contributed by atoms with Crippen molar-refractivity contribution in [3.05, 3.63) is 0 Å². The zero-order chi connectivity index (χ0) is 12.3. The van der Waals surface area contributed by atoms with Crippen LogP contribution in [-0.2, 0) is 4.79 Å². The largest absolute Gasteiger partial charge is 0.388 e. The summed E-state index contributed by atoms with van der Waals surface area (Å²) in [5.41, 5.74) is 0. The highest BCUT2D eigenvalue weighted by Gasteiger charge is 2.48. The minimum atomic E-state index is -4.76. The molecule has 0 aromatic rings. The minimum absolute atomic E-state index is 0.749. The van der Waals surface area contributed by atoms with E-state index < -0.39 is 32.7 Å². The highest BCUT2D eigenvalue weighted by molar-refractivity contribution is 6.77. The lowest BCUT2D eigenvalue weighted by Crippen LogP contribution is -2.38. The lowest BCUT2D eigenvalue weighted by Gasteiger charge is -2.22. The Balaban J connectivity index is 4.83. The Morgan fingerprint density at radius 1 is 1.07 bits per heavy atom. The van der Waals surface area contributed by atoms with Gasteiger partial charge in [-0.3, -0.25) is 0 Å². The van der Waals surface area contributed by atoms with E-state index in [0.29, 0.717) is 0 Å². The number of halogens is 6. The van der Waals surface area contributed by atoms with Gasteiger partial charge in [0.1, 0.15) is 0 Å². The Bertz CT molecular complexity index is 250. The Morgan fingerprint density at radius 3 is 1.60 bits per heavy atom. The van der Waals surface area contributed by atoms with Crippen LogP contribution in [0.5, 0.6) is 0 Å². The zero-order valence-electron chi connectivity index (χ0n) is 7.54. The lowest BCUT2D eigenvalue weighted by molar-refractivity contribution is -0.119. The van der Waals surface area contributed by atoms with Crippen LogP contribution >= 0.6 is 0 Å². The fourth-order valence-corrected chi connectivity index (χ4v) is 3.35. The van der Waals surface area contributed by atoms with Crippen molar-refractivity contribution >= 4 is 14.3 Å². The van der Waals surface area contributed by atoms with Crippen molar-refractivity contribution in [3.8, 4) is 0 Å². The third kappa shape index (κ3) is 7.15. The highest BCUT2D eigenvalue weighted by Crippen LogP contribution is 2.36. The molecule has 0 saturated carbocycles. The fraction of sp³-hybridized carbons (Fsp3) is 0.833. The standard InChI is InChI=1S/C6H7F6NOSi/c1-15(13-4-14,2-5(7,8)9)3-6(10,11)12/h2-3H2,1H3. The summed E-state index contributed by atoms with van der Waals surface area (Å²) in [6, 6.07) is -3.34. The first-order chi connectivity index (χ1) is 6.47. The van der Waals surface area contributed by atoms with E-state index in [0.717, 1.165) is 12.6 Å². The second-order valence-electron chi connectivity index (χ2n) is 3.28. The molecule has 0 spiro atoms. The predicted octanol–water partition coefficient (Wildman–Crippen LogP) is 3.02. The molecule has 88 valence electrons. The van der Waals surface area contributed by atoms with Crippen molar-refractivity contribution in [1.82, 2.24) is 0 Å². The molecule has 0 amide bonds. The molecule has 9 heteroatoms. The summed E-state index contributed by atoms with van der Waals surface area (Å²) in [6.07, 6.45) is -8.72. The van der Waals surface area contributed by atoms with Crippen LogP contribution < -0.4 is 0 Å². The van der Waals surface area contributed by atoms with Gasteiger partial charge in [0, 0.05) is 0 Å². The molecule has 0 fully saturated rings. The molecule has 0 aromatic carbocycles. The predicted molar refractivity (Wildman–Crippen MR) is 41.5 cm³/mol. The summed E-state index contributed by atoms with van der Waals surface area (Å²) in [4.78, 5) is 9.80. The summed E-state index contributed by atoms with van der Waals surface area (Å²) >= 11 is 0. The van der Waals surface area contributed by atoms with Gasteiger partial charge in [-0.2, -0.15) is 26.3 Å². The molecule has 0 saturated heterocycles. The molecule has 0 aliphatic rings. The van der Waals surface area contributed by atoms with Gasteiger partial charge in [-0.05, 0) is 6.55 Å². The number of hydrogen-bond acceptors (Lipinski definition) is 2. The molecule has 15 heavy (non-hydrogen) atoms. The van der Waals surface area contributed by atoms with Crippen LogP contribution in [0.1, 0.15) is 0 Å². The van der Waals surface area contributed by atoms with Gasteiger partial charge in [0.25, 0.3) is 0 Å². The Kier molecular flexibility index (Phi) is 4.12. The minimum Gasteiger partial charge on any atom is -0.247 e. The van der Waals surface area contributed by atoms with Gasteiger partial charge in [0.05, 0.1) is 12.1 Å². The van der Waals surface area contributed by atoms with E-state index in [1.807, 2.05) is 0 Å². The van der Waals surface area contributed by atoms with Gasteiger partial charge in [0.15, 0.2) is 0 Å². The number of isocyanates is 1. The van der Waals surface area contributed by atoms with Crippen LogP contribution in [0.4, 0.5) is 26.3 Å². The van der Waals surface area contributed by atoms with E-state index in [1.165, 1.54) is 0 Å². The number of carbonyl (C=O) groups excluding carboxylic acids is 1. The van der Waals surface area contributed by atoms with Crippen molar-refractivity contribution in [2.75, 3.05) is 0 Å². The molecule has 0 aliphatic carbocycles. The first-order valence-electron chi connectivity index (χ1n) is 3.70. The molecule has 2 nitrogen and oxygen atoms in total. The maximum Gasteiger partial charge on any atom is 0.388 e. The van der Waals surface area contributed by atoms with Crippen LogP contribution in [0.3, 0.4) is 0 Å². The van der Waals surface area contributed by atoms with E-state index in [9.17, 15) is 31.1 Å². The van der Waals surface area contributed by atoms with E-state index >= 15 is 0 Å². The first kappa shape index (κ1) is 14.2. The Labute approximate surface area is 82.1 Å². The maximum atomic E-state index is 11.9. The van der Waals surface area contributed by atoms with E-state index in [4.69, 9.17) is 0 Å². The van der Waals surface area contributed by atoms with E-state index in [1.54, 1.807) is 0 Å². The smallest absolute Gasteiger partial charge is 0.247 e. The molecule has 0 radical (unpaired) electrons. The Hall–Kier alpha value is -0.823. The second kappa shape index (κ2) is 4.36. The maximum absolute atomic E-state index is 11.9. The number of rotatable bonds is 3. The summed E-state index contributed by atoms with van der Waals surface area (Å²) < 4.78 is 74.3. The number of nitrogens with zero attached hydrogens (tertiary/aromatic N) is 1. The fourth-order valence-electron chi connectivity index (χ4n) is 1.12. The van der Waals surface area contributed by atoms with Gasteiger partial charge in [-0.25, -0.2) is 9.45 Å². The van der Waals surface area contributed by atoms with E-state index in [2.05, 4.69) is 4.66 Å². The van der Waals surface area contributed by atoms with Crippen LogP contribution in [-0.4, -0.2) is 26.7 Å². The first-order valence-corrected chi connectivity index (χ1v) is 6.56. The van der Waals surface area contributed by atoms with Gasteiger partial charge >= 0.3 is 12.4 Å². The van der Waals surface area contributed by atoms with Crippen molar-refractivity contribution in [3.63, 3.8) is 0 Å².